The molecule has 0 aliphatic heterocycles. The van der Waals surface area contributed by atoms with Crippen LogP contribution < -0.4 is 5.32 Å². The molecule has 0 radical (unpaired) electrons. The Morgan fingerprint density at radius 2 is 2.19 bits per heavy atom. The first-order valence-electron chi connectivity index (χ1n) is 5.78. The van der Waals surface area contributed by atoms with E-state index in [0.717, 1.165) is 31.5 Å². The summed E-state index contributed by atoms with van der Waals surface area (Å²) < 4.78 is 12.9. The van der Waals surface area contributed by atoms with Gasteiger partial charge in [0, 0.05) is 0 Å². The van der Waals surface area contributed by atoms with Crippen molar-refractivity contribution in [3.8, 4) is 0 Å². The van der Waals surface area contributed by atoms with E-state index in [1.165, 1.54) is 6.07 Å². The molecule has 1 atom stereocenters. The molecule has 3 heteroatoms. The normalized spacial score (nSPS) is 12.8. The van der Waals surface area contributed by atoms with Crippen LogP contribution in [0.4, 0.5) is 4.39 Å². The molecule has 16 heavy (non-hydrogen) atoms. The molecule has 0 heterocycles. The van der Waals surface area contributed by atoms with Gasteiger partial charge in [-0.3, -0.25) is 0 Å². The summed E-state index contributed by atoms with van der Waals surface area (Å²) in [7, 11) is 0. The highest BCUT2D eigenvalue weighted by molar-refractivity contribution is 6.30. The van der Waals surface area contributed by atoms with E-state index in [-0.39, 0.29) is 10.8 Å². The van der Waals surface area contributed by atoms with Crippen LogP contribution in [0, 0.1) is 11.7 Å². The molecule has 1 rings (SSSR count). The average molecular weight is 244 g/mol. The Balaban J connectivity index is 2.43. The van der Waals surface area contributed by atoms with Crippen molar-refractivity contribution in [3.05, 3.63) is 34.6 Å². The molecule has 0 saturated carbocycles. The first kappa shape index (κ1) is 13.5. The lowest BCUT2D eigenvalue weighted by atomic mass is 10.0. The second kappa shape index (κ2) is 6.87. The molecule has 1 unspecified atom stereocenters. The van der Waals surface area contributed by atoms with E-state index in [2.05, 4.69) is 19.2 Å². The minimum Gasteiger partial charge on any atom is -0.316 e. The molecule has 0 amide bonds. The minimum absolute atomic E-state index is 0.214. The lowest BCUT2D eigenvalue weighted by Crippen LogP contribution is -2.23. The summed E-state index contributed by atoms with van der Waals surface area (Å²) in [5, 5.41) is 3.59. The maximum absolute atomic E-state index is 12.9. The van der Waals surface area contributed by atoms with Crippen LogP contribution >= 0.6 is 11.6 Å². The number of hydrogen-bond acceptors (Lipinski definition) is 1. The fourth-order valence-corrected chi connectivity index (χ4v) is 1.87. The van der Waals surface area contributed by atoms with Crippen LogP contribution in [0.25, 0.3) is 0 Å². The number of halogens is 2. The van der Waals surface area contributed by atoms with Crippen molar-refractivity contribution >= 4 is 11.6 Å². The van der Waals surface area contributed by atoms with Gasteiger partial charge in [-0.2, -0.15) is 0 Å². The zero-order valence-electron chi connectivity index (χ0n) is 9.89. The molecule has 90 valence electrons. The second-order valence-electron chi connectivity index (χ2n) is 4.26. The Hall–Kier alpha value is -0.600. The lowest BCUT2D eigenvalue weighted by molar-refractivity contribution is 0.510. The van der Waals surface area contributed by atoms with Crippen LogP contribution in [0.5, 0.6) is 0 Å². The van der Waals surface area contributed by atoms with Crippen molar-refractivity contribution < 1.29 is 4.39 Å². The molecule has 0 bridgehead atoms. The third-order valence-corrected chi connectivity index (χ3v) is 2.78. The molecule has 0 aromatic heterocycles. The van der Waals surface area contributed by atoms with Crippen molar-refractivity contribution in [2.24, 2.45) is 5.92 Å². The highest BCUT2D eigenvalue weighted by atomic mass is 35.5. The van der Waals surface area contributed by atoms with E-state index in [9.17, 15) is 4.39 Å². The first-order valence-corrected chi connectivity index (χ1v) is 6.16. The molecule has 0 aliphatic rings. The van der Waals surface area contributed by atoms with Crippen molar-refractivity contribution in [2.75, 3.05) is 13.1 Å². The Morgan fingerprint density at radius 3 is 2.81 bits per heavy atom. The van der Waals surface area contributed by atoms with E-state index < -0.39 is 0 Å². The monoisotopic (exact) mass is 243 g/mol. The van der Waals surface area contributed by atoms with Gasteiger partial charge in [0.2, 0.25) is 0 Å². The molecule has 1 aromatic carbocycles. The van der Waals surface area contributed by atoms with Gasteiger partial charge in [-0.15, -0.1) is 0 Å². The number of nitrogens with one attached hydrogen (secondary N) is 1. The Bertz CT molecular complexity index is 328. The molecule has 0 aliphatic carbocycles. The smallest absolute Gasteiger partial charge is 0.141 e. The zero-order chi connectivity index (χ0) is 12.0. The fourth-order valence-electron chi connectivity index (χ4n) is 1.67. The van der Waals surface area contributed by atoms with Gasteiger partial charge in [0.25, 0.3) is 0 Å². The highest BCUT2D eigenvalue weighted by Gasteiger charge is 2.05. The zero-order valence-corrected chi connectivity index (χ0v) is 10.6. The molecular formula is C13H19ClFN. The van der Waals surface area contributed by atoms with E-state index in [1.54, 1.807) is 12.1 Å². The summed E-state index contributed by atoms with van der Waals surface area (Å²) in [4.78, 5) is 0. The fraction of sp³-hybridized carbons (Fsp3) is 0.538. The van der Waals surface area contributed by atoms with Gasteiger partial charge < -0.3 is 5.32 Å². The molecule has 0 saturated heterocycles. The van der Waals surface area contributed by atoms with Gasteiger partial charge in [0.15, 0.2) is 0 Å². The van der Waals surface area contributed by atoms with Crippen molar-refractivity contribution in [2.45, 2.75) is 26.7 Å². The third-order valence-electron chi connectivity index (χ3n) is 2.49. The summed E-state index contributed by atoms with van der Waals surface area (Å²) in [5.41, 5.74) is 1.09. The number of rotatable bonds is 6. The van der Waals surface area contributed by atoms with Crippen LogP contribution in [0.3, 0.4) is 0 Å². The third kappa shape index (κ3) is 4.50. The second-order valence-corrected chi connectivity index (χ2v) is 4.67. The van der Waals surface area contributed by atoms with Gasteiger partial charge in [-0.25, -0.2) is 4.39 Å². The Morgan fingerprint density at radius 1 is 1.44 bits per heavy atom. The summed E-state index contributed by atoms with van der Waals surface area (Å²) in [6.07, 6.45) is 2.08. The van der Waals surface area contributed by atoms with Gasteiger partial charge in [-0.05, 0) is 49.5 Å². The maximum atomic E-state index is 12.9. The van der Waals surface area contributed by atoms with Gasteiger partial charge in [0.05, 0.1) is 5.02 Å². The predicted molar refractivity (Wildman–Crippen MR) is 67.4 cm³/mol. The average Bonchev–Trinajstić information content (AvgIpc) is 2.24. The van der Waals surface area contributed by atoms with E-state index in [4.69, 9.17) is 11.6 Å². The molecule has 0 fully saturated rings. The Kier molecular flexibility index (Phi) is 5.78. The first-order chi connectivity index (χ1) is 7.63. The molecule has 1 aromatic rings. The maximum Gasteiger partial charge on any atom is 0.141 e. The quantitative estimate of drug-likeness (QED) is 0.752. The minimum atomic E-state index is -0.345. The molecule has 1 nitrogen and oxygen atoms in total. The van der Waals surface area contributed by atoms with Gasteiger partial charge in [-0.1, -0.05) is 31.5 Å². The van der Waals surface area contributed by atoms with E-state index >= 15 is 0 Å². The largest absolute Gasteiger partial charge is 0.316 e. The highest BCUT2D eigenvalue weighted by Crippen LogP contribution is 2.18. The number of hydrogen-bond donors (Lipinski definition) is 1. The molecular weight excluding hydrogens is 225 g/mol. The SMILES string of the molecule is CCCNCC(C)Cc1ccc(F)c(Cl)c1. The van der Waals surface area contributed by atoms with Gasteiger partial charge >= 0.3 is 0 Å². The summed E-state index contributed by atoms with van der Waals surface area (Å²) >= 11 is 5.73. The van der Waals surface area contributed by atoms with E-state index in [1.807, 2.05) is 0 Å². The van der Waals surface area contributed by atoms with Crippen LogP contribution in [-0.4, -0.2) is 13.1 Å². The van der Waals surface area contributed by atoms with Crippen molar-refractivity contribution in [1.82, 2.24) is 5.32 Å². The van der Waals surface area contributed by atoms with Crippen LogP contribution in [0.15, 0.2) is 18.2 Å². The molecule has 0 spiro atoms. The summed E-state index contributed by atoms with van der Waals surface area (Å²) in [6, 6.07) is 4.95. The van der Waals surface area contributed by atoms with Gasteiger partial charge in [0.1, 0.15) is 5.82 Å². The van der Waals surface area contributed by atoms with E-state index in [0.29, 0.717) is 5.92 Å². The Labute approximate surface area is 102 Å². The predicted octanol–water partition coefficient (Wildman–Crippen LogP) is 3.66. The molecule has 1 N–H and O–H groups in total. The topological polar surface area (TPSA) is 12.0 Å². The standard InChI is InChI=1S/C13H19ClFN/c1-3-6-16-9-10(2)7-11-4-5-13(15)12(14)8-11/h4-5,8,10,16H,3,6-7,9H2,1-2H3. The number of benzene rings is 1. The van der Waals surface area contributed by atoms with Crippen LogP contribution in [0.1, 0.15) is 25.8 Å². The van der Waals surface area contributed by atoms with Crippen LogP contribution in [-0.2, 0) is 6.42 Å². The summed E-state index contributed by atoms with van der Waals surface area (Å²) in [5.74, 6) is 0.190. The lowest BCUT2D eigenvalue weighted by Gasteiger charge is -2.12. The van der Waals surface area contributed by atoms with Crippen LogP contribution in [0.2, 0.25) is 5.02 Å². The van der Waals surface area contributed by atoms with Crippen molar-refractivity contribution in [1.29, 1.82) is 0 Å². The summed E-state index contributed by atoms with van der Waals surface area (Å²) in [6.45, 7) is 6.37. The van der Waals surface area contributed by atoms with Crippen molar-refractivity contribution in [3.63, 3.8) is 0 Å².